The third kappa shape index (κ3) is 8.41. The first kappa shape index (κ1) is 31.8. The van der Waals surface area contributed by atoms with Crippen LogP contribution in [0, 0.1) is 0 Å². The molecule has 0 fully saturated rings. The molecule has 0 N–H and O–H groups in total. The summed E-state index contributed by atoms with van der Waals surface area (Å²) in [6, 6.07) is 19.6. The van der Waals surface area contributed by atoms with Gasteiger partial charge in [-0.25, -0.2) is 0 Å². The van der Waals surface area contributed by atoms with Crippen molar-refractivity contribution in [3.8, 4) is 0 Å². The third-order valence-electron chi connectivity index (χ3n) is 6.24. The number of carbonyl (C=O) groups is 1. The molecule has 3 nitrogen and oxygen atoms in total. The van der Waals surface area contributed by atoms with Crippen molar-refractivity contribution in [2.24, 2.45) is 0 Å². The van der Waals surface area contributed by atoms with E-state index in [0.717, 1.165) is 10.6 Å². The number of rotatable bonds is 9. The molecule has 11 heteroatoms. The van der Waals surface area contributed by atoms with Crippen LogP contribution >= 0.6 is 7.92 Å². The molecule has 0 saturated carbocycles. The maximum absolute atomic E-state index is 13.6. The maximum Gasteiger partial charge on any atom is 0.416 e. The van der Waals surface area contributed by atoms with E-state index in [2.05, 4.69) is 0 Å². The second-order valence-electron chi connectivity index (χ2n) is 10.5. The van der Waals surface area contributed by atoms with E-state index in [1.165, 1.54) is 11.9 Å². The first-order valence-electron chi connectivity index (χ1n) is 12.6. The molecule has 3 aromatic carbocycles. The van der Waals surface area contributed by atoms with E-state index in [0.29, 0.717) is 18.3 Å². The topological polar surface area (TPSA) is 29.5 Å². The number of hydrogen-bond acceptors (Lipinski definition) is 2. The Morgan fingerprint density at radius 3 is 1.62 bits per heavy atom. The van der Waals surface area contributed by atoms with Gasteiger partial charge in [-0.1, -0.05) is 60.7 Å². The lowest BCUT2D eigenvalue weighted by atomic mass is 10.0. The van der Waals surface area contributed by atoms with Crippen molar-refractivity contribution in [3.05, 3.63) is 95.6 Å². The Hall–Kier alpha value is -2.68. The summed E-state index contributed by atoms with van der Waals surface area (Å²) in [5.41, 5.74) is -3.74. The molecule has 0 aromatic heterocycles. The number of benzene rings is 3. The van der Waals surface area contributed by atoms with E-state index < -0.39 is 63.3 Å². The van der Waals surface area contributed by atoms with Gasteiger partial charge in [0, 0.05) is 12.6 Å². The first-order chi connectivity index (χ1) is 18.5. The maximum atomic E-state index is 13.6. The van der Waals surface area contributed by atoms with E-state index in [1.54, 1.807) is 6.92 Å². The van der Waals surface area contributed by atoms with Crippen LogP contribution < -0.4 is 10.6 Å². The lowest BCUT2D eigenvalue weighted by Gasteiger charge is -2.38. The van der Waals surface area contributed by atoms with Gasteiger partial charge in [0.2, 0.25) is 0 Å². The number of hydrogen-bond donors (Lipinski definition) is 0. The molecule has 0 radical (unpaired) electrons. The van der Waals surface area contributed by atoms with Crippen molar-refractivity contribution in [1.29, 1.82) is 0 Å². The molecule has 0 aliphatic rings. The Labute approximate surface area is 233 Å². The van der Waals surface area contributed by atoms with E-state index in [9.17, 15) is 31.1 Å². The Bertz CT molecular complexity index is 1210. The predicted molar refractivity (Wildman–Crippen MR) is 150 cm³/mol. The fourth-order valence-corrected chi connectivity index (χ4v) is 8.39. The molecule has 0 heterocycles. The summed E-state index contributed by atoms with van der Waals surface area (Å²) < 4.78 is 87.4. The van der Waals surface area contributed by atoms with Crippen LogP contribution in [0.25, 0.3) is 0 Å². The minimum Gasteiger partial charge on any atom is -0.413 e. The van der Waals surface area contributed by atoms with Gasteiger partial charge in [-0.15, -0.1) is 0 Å². The zero-order valence-corrected chi connectivity index (χ0v) is 24.7. The van der Waals surface area contributed by atoms with Crippen LogP contribution in [-0.2, 0) is 16.8 Å². The zero-order valence-electron chi connectivity index (χ0n) is 22.8. The summed E-state index contributed by atoms with van der Waals surface area (Å²) in [4.78, 5) is 14.9. The molecule has 0 saturated heterocycles. The standard InChI is InChI=1S/C29H32F6NO2PSi/c1-20(38-40(3,4)5)26(19-39(24-12-8-6-9-13-24)25-14-10-7-11-15-25)36(2)27(37)21-16-22(28(30,31)32)18-23(17-21)29(33,34)35/h6-18,20,26H,19H2,1-5H3/t20-,26-/m1/s1. The van der Waals surface area contributed by atoms with Crippen LogP contribution in [0.1, 0.15) is 28.4 Å². The number of nitrogens with zero attached hydrogens (tertiary/aromatic N) is 1. The van der Waals surface area contributed by atoms with Gasteiger partial charge in [0.1, 0.15) is 0 Å². The molecule has 0 spiro atoms. The number of carbonyl (C=O) groups excluding carboxylic acids is 1. The third-order valence-corrected chi connectivity index (χ3v) is 9.90. The second kappa shape index (κ2) is 12.5. The normalized spacial score (nSPS) is 14.2. The summed E-state index contributed by atoms with van der Waals surface area (Å²) in [5.74, 6) is -0.941. The molecule has 0 unspecified atom stereocenters. The largest absolute Gasteiger partial charge is 0.416 e. The number of halogens is 6. The molecule has 2 atom stereocenters. The summed E-state index contributed by atoms with van der Waals surface area (Å²) >= 11 is 0. The van der Waals surface area contributed by atoms with Gasteiger partial charge in [-0.2, -0.15) is 26.3 Å². The zero-order chi connectivity index (χ0) is 29.9. The number of alkyl halides is 6. The van der Waals surface area contributed by atoms with Gasteiger partial charge in [-0.3, -0.25) is 4.79 Å². The molecule has 216 valence electrons. The highest BCUT2D eigenvalue weighted by molar-refractivity contribution is 7.73. The number of amides is 1. The molecular weight excluding hydrogens is 567 g/mol. The van der Waals surface area contributed by atoms with Gasteiger partial charge in [0.05, 0.1) is 23.3 Å². The Morgan fingerprint density at radius 1 is 0.825 bits per heavy atom. The van der Waals surface area contributed by atoms with E-state index in [4.69, 9.17) is 4.43 Å². The first-order valence-corrected chi connectivity index (χ1v) is 17.5. The molecule has 0 bridgehead atoms. The molecule has 3 rings (SSSR count). The van der Waals surface area contributed by atoms with Gasteiger partial charge in [-0.05, 0) is 69.5 Å². The summed E-state index contributed by atoms with van der Waals surface area (Å²) in [5, 5.41) is 2.04. The lowest BCUT2D eigenvalue weighted by Crippen LogP contribution is -2.50. The highest BCUT2D eigenvalue weighted by Crippen LogP contribution is 2.39. The Balaban J connectivity index is 2.09. The average Bonchev–Trinajstić information content (AvgIpc) is 2.87. The van der Waals surface area contributed by atoms with Crippen molar-refractivity contribution < 1.29 is 35.6 Å². The van der Waals surface area contributed by atoms with Crippen LogP contribution in [-0.4, -0.2) is 44.5 Å². The van der Waals surface area contributed by atoms with Crippen LogP contribution in [0.5, 0.6) is 0 Å². The molecular formula is C29H32F6NO2PSi. The fraction of sp³-hybridized carbons (Fsp3) is 0.345. The van der Waals surface area contributed by atoms with Crippen LogP contribution in [0.2, 0.25) is 19.6 Å². The highest BCUT2D eigenvalue weighted by Gasteiger charge is 2.39. The fourth-order valence-electron chi connectivity index (χ4n) is 4.42. The smallest absolute Gasteiger partial charge is 0.413 e. The van der Waals surface area contributed by atoms with Crippen molar-refractivity contribution >= 4 is 32.8 Å². The van der Waals surface area contributed by atoms with Crippen molar-refractivity contribution in [2.75, 3.05) is 13.2 Å². The van der Waals surface area contributed by atoms with Gasteiger partial charge < -0.3 is 9.33 Å². The molecule has 1 amide bonds. The second-order valence-corrected chi connectivity index (χ2v) is 17.2. The van der Waals surface area contributed by atoms with Crippen molar-refractivity contribution in [2.45, 2.75) is 51.1 Å². The van der Waals surface area contributed by atoms with Crippen LogP contribution in [0.3, 0.4) is 0 Å². The van der Waals surface area contributed by atoms with Gasteiger partial charge in [0.25, 0.3) is 5.91 Å². The average molecular weight is 600 g/mol. The quantitative estimate of drug-likeness (QED) is 0.145. The lowest BCUT2D eigenvalue weighted by molar-refractivity contribution is -0.143. The van der Waals surface area contributed by atoms with E-state index in [1.807, 2.05) is 80.3 Å². The van der Waals surface area contributed by atoms with Gasteiger partial charge >= 0.3 is 12.4 Å². The Morgan fingerprint density at radius 2 is 1.25 bits per heavy atom. The highest BCUT2D eigenvalue weighted by atomic mass is 31.1. The molecule has 40 heavy (non-hydrogen) atoms. The van der Waals surface area contributed by atoms with Crippen molar-refractivity contribution in [1.82, 2.24) is 4.90 Å². The monoisotopic (exact) mass is 599 g/mol. The van der Waals surface area contributed by atoms with E-state index >= 15 is 0 Å². The SMILES string of the molecule is C[C@@H](O[Si](C)(C)C)[C@@H](CP(c1ccccc1)c1ccccc1)N(C)C(=O)c1cc(C(F)(F)F)cc(C(F)(F)F)c1. The number of likely N-dealkylation sites (N-methyl/N-ethyl adjacent to an activating group) is 1. The Kier molecular flexibility index (Phi) is 9.91. The van der Waals surface area contributed by atoms with Crippen LogP contribution in [0.15, 0.2) is 78.9 Å². The summed E-state index contributed by atoms with van der Waals surface area (Å²) in [6.07, 6.45) is -10.3. The summed E-state index contributed by atoms with van der Waals surface area (Å²) in [6.45, 7) is 7.72. The van der Waals surface area contributed by atoms with E-state index in [-0.39, 0.29) is 6.07 Å². The minimum atomic E-state index is -5.06. The molecule has 3 aromatic rings. The van der Waals surface area contributed by atoms with Crippen molar-refractivity contribution in [3.63, 3.8) is 0 Å². The van der Waals surface area contributed by atoms with Crippen LogP contribution in [0.4, 0.5) is 26.3 Å². The van der Waals surface area contributed by atoms with Gasteiger partial charge in [0.15, 0.2) is 8.32 Å². The summed E-state index contributed by atoms with van der Waals surface area (Å²) in [7, 11) is -1.80. The minimum absolute atomic E-state index is 0.0231. The molecule has 0 aliphatic heterocycles. The predicted octanol–water partition coefficient (Wildman–Crippen LogP) is 7.54. The molecule has 0 aliphatic carbocycles.